The second-order valence-electron chi connectivity index (χ2n) is 8.51. The summed E-state index contributed by atoms with van der Waals surface area (Å²) in [5.74, 6) is -0.363. The minimum absolute atomic E-state index is 0.00646. The summed E-state index contributed by atoms with van der Waals surface area (Å²) in [5.41, 5.74) is 1.61. The predicted molar refractivity (Wildman–Crippen MR) is 117 cm³/mol. The molecule has 1 aromatic carbocycles. The van der Waals surface area contributed by atoms with Gasteiger partial charge in [-0.1, -0.05) is 45.9 Å². The van der Waals surface area contributed by atoms with E-state index in [4.69, 9.17) is 0 Å². The van der Waals surface area contributed by atoms with Crippen LogP contribution in [0.5, 0.6) is 0 Å². The standard InChI is InChI=1S/C22H31FN2O3S/c1-13(2)18-11-16(23)12-19(14(3)4)20(18)24-21(26)25-29(28)17-9-7-8-15(10-17)22(5,6)27/h7-9,11-14,17,27,29H,10H2,1-6H3,(H,24,26). The van der Waals surface area contributed by atoms with E-state index in [0.717, 1.165) is 5.57 Å². The lowest BCUT2D eigenvalue weighted by molar-refractivity contribution is 0.116. The average Bonchev–Trinajstić information content (AvgIpc) is 2.61. The second kappa shape index (κ2) is 9.22. The highest BCUT2D eigenvalue weighted by Gasteiger charge is 2.24. The van der Waals surface area contributed by atoms with Gasteiger partial charge < -0.3 is 10.4 Å². The van der Waals surface area contributed by atoms with Gasteiger partial charge in [-0.3, -0.25) is 4.21 Å². The molecule has 0 saturated carbocycles. The molecule has 160 valence electrons. The highest BCUT2D eigenvalue weighted by Crippen LogP contribution is 2.34. The molecule has 1 aliphatic carbocycles. The van der Waals surface area contributed by atoms with Crippen molar-refractivity contribution in [3.05, 3.63) is 52.9 Å². The van der Waals surface area contributed by atoms with Crippen LogP contribution < -0.4 is 5.32 Å². The number of thiol groups is 1. The van der Waals surface area contributed by atoms with Crippen LogP contribution in [0.4, 0.5) is 14.9 Å². The Hall–Kier alpha value is -1.99. The molecular weight excluding hydrogens is 391 g/mol. The minimum Gasteiger partial charge on any atom is -0.386 e. The fourth-order valence-electron chi connectivity index (χ4n) is 3.27. The minimum atomic E-state index is -2.21. The summed E-state index contributed by atoms with van der Waals surface area (Å²) in [7, 11) is -2.21. The van der Waals surface area contributed by atoms with Crippen LogP contribution in [0.25, 0.3) is 0 Å². The first-order chi connectivity index (χ1) is 13.4. The number of carbonyl (C=O) groups excluding carboxylic acids is 1. The third-order valence-corrected chi connectivity index (χ3v) is 6.26. The zero-order valence-electron chi connectivity index (χ0n) is 17.9. The second-order valence-corrected chi connectivity index (χ2v) is 9.98. The summed E-state index contributed by atoms with van der Waals surface area (Å²) in [6, 6.07) is 2.11. The highest BCUT2D eigenvalue weighted by molar-refractivity contribution is 7.76. The molecule has 0 bridgehead atoms. The van der Waals surface area contributed by atoms with Crippen LogP contribution in [-0.2, 0) is 10.6 Å². The molecule has 1 aromatic rings. The highest BCUT2D eigenvalue weighted by atomic mass is 32.2. The maximum absolute atomic E-state index is 14.0. The number of carbonyl (C=O) groups is 1. The van der Waals surface area contributed by atoms with Crippen molar-refractivity contribution >= 4 is 22.3 Å². The lowest BCUT2D eigenvalue weighted by atomic mass is 9.91. The molecule has 2 unspecified atom stereocenters. The predicted octanol–water partition coefficient (Wildman–Crippen LogP) is 5.29. The SMILES string of the molecule is CC(C)c1cc(F)cc(C(C)C)c1NC(=O)/N=[SH](=O)\C1C=CC=C(C(C)(C)O)C1. The molecule has 1 aliphatic rings. The Balaban J connectivity index is 2.28. The number of benzene rings is 1. The van der Waals surface area contributed by atoms with E-state index in [2.05, 4.69) is 9.68 Å². The summed E-state index contributed by atoms with van der Waals surface area (Å²) >= 11 is 0. The number of aliphatic hydroxyl groups is 1. The van der Waals surface area contributed by atoms with Crippen LogP contribution in [0, 0.1) is 5.82 Å². The smallest absolute Gasteiger partial charge is 0.353 e. The van der Waals surface area contributed by atoms with Gasteiger partial charge in [0.25, 0.3) is 0 Å². The monoisotopic (exact) mass is 422 g/mol. The third kappa shape index (κ3) is 6.00. The van der Waals surface area contributed by atoms with Crippen molar-refractivity contribution in [2.75, 3.05) is 5.32 Å². The van der Waals surface area contributed by atoms with Gasteiger partial charge in [0.15, 0.2) is 0 Å². The number of allylic oxidation sites excluding steroid dienone is 2. The lowest BCUT2D eigenvalue weighted by Crippen LogP contribution is -2.26. The number of rotatable bonds is 5. The fraction of sp³-hybridized carbons (Fsp3) is 0.500. The number of nitrogens with one attached hydrogen (secondary N) is 1. The zero-order chi connectivity index (χ0) is 21.9. The molecule has 7 heteroatoms. The van der Waals surface area contributed by atoms with Crippen molar-refractivity contribution in [1.29, 1.82) is 0 Å². The van der Waals surface area contributed by atoms with Crippen molar-refractivity contribution in [2.45, 2.75) is 70.7 Å². The van der Waals surface area contributed by atoms with Gasteiger partial charge in [0.05, 0.1) is 21.4 Å². The summed E-state index contributed by atoms with van der Waals surface area (Å²) < 4.78 is 30.5. The molecule has 0 heterocycles. The Kier molecular flexibility index (Phi) is 7.40. The Morgan fingerprint density at radius 2 is 1.79 bits per heavy atom. The lowest BCUT2D eigenvalue weighted by Gasteiger charge is -2.25. The van der Waals surface area contributed by atoms with Crippen molar-refractivity contribution < 1.29 is 18.5 Å². The van der Waals surface area contributed by atoms with Crippen LogP contribution >= 0.6 is 0 Å². The van der Waals surface area contributed by atoms with Gasteiger partial charge in [0, 0.05) is 5.69 Å². The number of anilines is 1. The zero-order valence-corrected chi connectivity index (χ0v) is 18.8. The van der Waals surface area contributed by atoms with Gasteiger partial charge in [0.1, 0.15) is 5.82 Å². The van der Waals surface area contributed by atoms with E-state index in [1.165, 1.54) is 12.1 Å². The van der Waals surface area contributed by atoms with Crippen LogP contribution in [0.3, 0.4) is 0 Å². The topological polar surface area (TPSA) is 78.8 Å². The Bertz CT molecular complexity index is 891. The number of urea groups is 1. The van der Waals surface area contributed by atoms with E-state index in [1.54, 1.807) is 32.1 Å². The van der Waals surface area contributed by atoms with Crippen LogP contribution in [-0.4, -0.2) is 26.2 Å². The summed E-state index contributed by atoms with van der Waals surface area (Å²) in [4.78, 5) is 12.5. The van der Waals surface area contributed by atoms with Crippen molar-refractivity contribution in [3.63, 3.8) is 0 Å². The van der Waals surface area contributed by atoms with Crippen LogP contribution in [0.1, 0.15) is 70.9 Å². The first-order valence-electron chi connectivity index (χ1n) is 9.82. The number of amides is 2. The molecule has 2 N–H and O–H groups in total. The van der Waals surface area contributed by atoms with Gasteiger partial charge in [-0.25, -0.2) is 9.18 Å². The van der Waals surface area contributed by atoms with Gasteiger partial charge in [-0.15, -0.1) is 4.36 Å². The van der Waals surface area contributed by atoms with E-state index in [0.29, 0.717) is 23.2 Å². The number of hydrogen-bond donors (Lipinski definition) is 3. The van der Waals surface area contributed by atoms with E-state index in [1.807, 2.05) is 27.7 Å². The van der Waals surface area contributed by atoms with Crippen LogP contribution in [0.2, 0.25) is 0 Å². The molecule has 0 aliphatic heterocycles. The van der Waals surface area contributed by atoms with Gasteiger partial charge >= 0.3 is 6.03 Å². The third-order valence-electron chi connectivity index (χ3n) is 4.96. The molecule has 2 amide bonds. The maximum atomic E-state index is 14.0. The van der Waals surface area contributed by atoms with Gasteiger partial charge in [-0.05, 0) is 60.9 Å². The first-order valence-corrected chi connectivity index (χ1v) is 11.1. The fourth-order valence-corrected chi connectivity index (χ4v) is 4.24. The summed E-state index contributed by atoms with van der Waals surface area (Å²) in [5, 5.41) is 12.5. The average molecular weight is 423 g/mol. The first kappa shape index (κ1) is 23.3. The Labute approximate surface area is 174 Å². The Morgan fingerprint density at radius 3 is 2.28 bits per heavy atom. The Morgan fingerprint density at radius 1 is 1.24 bits per heavy atom. The quantitative estimate of drug-likeness (QED) is 0.564. The van der Waals surface area contributed by atoms with Crippen molar-refractivity contribution in [2.24, 2.45) is 4.36 Å². The number of hydrogen-bond acceptors (Lipinski definition) is 3. The van der Waals surface area contributed by atoms with Gasteiger partial charge in [0.2, 0.25) is 0 Å². The molecule has 2 rings (SSSR count). The molecule has 0 spiro atoms. The van der Waals surface area contributed by atoms with Crippen molar-refractivity contribution in [3.8, 4) is 0 Å². The molecular formula is C22H31FN2O3S. The summed E-state index contributed by atoms with van der Waals surface area (Å²) in [6.07, 6.45) is 5.64. The van der Waals surface area contributed by atoms with Crippen LogP contribution in [0.15, 0.2) is 40.3 Å². The molecule has 0 fully saturated rings. The number of halogens is 1. The van der Waals surface area contributed by atoms with Gasteiger partial charge in [-0.2, -0.15) is 0 Å². The maximum Gasteiger partial charge on any atom is 0.353 e. The molecule has 0 saturated heterocycles. The molecule has 0 aromatic heterocycles. The van der Waals surface area contributed by atoms with E-state index < -0.39 is 27.5 Å². The molecule has 0 radical (unpaired) electrons. The number of nitrogens with zero attached hydrogens (tertiary/aromatic N) is 1. The normalized spacial score (nSPS) is 18.3. The molecule has 2 atom stereocenters. The van der Waals surface area contributed by atoms with E-state index in [9.17, 15) is 18.5 Å². The summed E-state index contributed by atoms with van der Waals surface area (Å²) in [6.45, 7) is 11.0. The largest absolute Gasteiger partial charge is 0.386 e. The molecule has 29 heavy (non-hydrogen) atoms. The van der Waals surface area contributed by atoms with Crippen molar-refractivity contribution in [1.82, 2.24) is 0 Å². The van der Waals surface area contributed by atoms with E-state index in [-0.39, 0.29) is 17.7 Å². The molecule has 5 nitrogen and oxygen atoms in total. The van der Waals surface area contributed by atoms with E-state index >= 15 is 0 Å².